The van der Waals surface area contributed by atoms with E-state index in [4.69, 9.17) is 10.8 Å². The van der Waals surface area contributed by atoms with E-state index in [-0.39, 0.29) is 0 Å². The Hall–Kier alpha value is -1.49. The van der Waals surface area contributed by atoms with E-state index in [0.717, 1.165) is 0 Å². The van der Waals surface area contributed by atoms with Crippen LogP contribution >= 0.6 is 0 Å². The molecule has 5 nitrogen and oxygen atoms in total. The van der Waals surface area contributed by atoms with Crippen LogP contribution in [0.5, 0.6) is 0 Å². The Kier molecular flexibility index (Phi) is 2.29. The number of rotatable bonds is 2. The van der Waals surface area contributed by atoms with Gasteiger partial charge in [-0.15, -0.1) is 0 Å². The molecule has 0 aliphatic rings. The maximum absolute atomic E-state index is 10.8. The molecule has 0 radical (unpaired) electrons. The first-order valence-electron chi connectivity index (χ1n) is 3.76. The Bertz CT molecular complexity index is 336. The molecule has 0 aliphatic carbocycles. The molecule has 1 aromatic rings. The third-order valence-electron chi connectivity index (χ3n) is 1.82. The molecule has 3 N–H and O–H groups in total. The summed E-state index contributed by atoms with van der Waals surface area (Å²) in [6, 6.07) is 0. The highest BCUT2D eigenvalue weighted by Gasteiger charge is 2.33. The molecule has 1 heterocycles. The Morgan fingerprint density at radius 2 is 2.08 bits per heavy atom. The lowest BCUT2D eigenvalue weighted by molar-refractivity contribution is -0.143. The standard InChI is InChI=1S/C8H11N3O2/c1-5-6(11-4-3-10-5)8(2,9)7(12)13/h3-4H,9H2,1-2H3,(H,12,13). The fourth-order valence-corrected chi connectivity index (χ4v) is 1.02. The molecule has 0 bridgehead atoms. The van der Waals surface area contributed by atoms with E-state index in [0.29, 0.717) is 11.4 Å². The second kappa shape index (κ2) is 3.10. The first kappa shape index (κ1) is 9.60. The van der Waals surface area contributed by atoms with E-state index >= 15 is 0 Å². The van der Waals surface area contributed by atoms with Gasteiger partial charge in [0.2, 0.25) is 0 Å². The zero-order chi connectivity index (χ0) is 10.1. The summed E-state index contributed by atoms with van der Waals surface area (Å²) in [5.41, 5.74) is 4.94. The van der Waals surface area contributed by atoms with Crippen molar-refractivity contribution in [2.24, 2.45) is 5.73 Å². The van der Waals surface area contributed by atoms with Crippen molar-refractivity contribution in [3.8, 4) is 0 Å². The smallest absolute Gasteiger partial charge is 0.329 e. The van der Waals surface area contributed by atoms with Crippen molar-refractivity contribution < 1.29 is 9.90 Å². The van der Waals surface area contributed by atoms with Crippen LogP contribution in [0.15, 0.2) is 12.4 Å². The van der Waals surface area contributed by atoms with Gasteiger partial charge in [-0.05, 0) is 13.8 Å². The number of aliphatic carboxylic acids is 1. The van der Waals surface area contributed by atoms with Gasteiger partial charge in [-0.25, -0.2) is 4.79 Å². The maximum Gasteiger partial charge on any atom is 0.329 e. The van der Waals surface area contributed by atoms with Crippen LogP contribution in [0.3, 0.4) is 0 Å². The highest BCUT2D eigenvalue weighted by molar-refractivity contribution is 5.79. The molecule has 0 saturated heterocycles. The van der Waals surface area contributed by atoms with Crippen LogP contribution in [-0.2, 0) is 10.3 Å². The number of hydrogen-bond acceptors (Lipinski definition) is 4. The maximum atomic E-state index is 10.8. The number of carbonyl (C=O) groups is 1. The lowest BCUT2D eigenvalue weighted by Crippen LogP contribution is -2.43. The monoisotopic (exact) mass is 181 g/mol. The first-order chi connectivity index (χ1) is 5.96. The van der Waals surface area contributed by atoms with Crippen LogP contribution in [0.4, 0.5) is 0 Å². The van der Waals surface area contributed by atoms with Gasteiger partial charge < -0.3 is 10.8 Å². The number of aryl methyl sites for hydroxylation is 1. The molecule has 0 aliphatic heterocycles. The summed E-state index contributed by atoms with van der Waals surface area (Å²) >= 11 is 0. The van der Waals surface area contributed by atoms with E-state index in [9.17, 15) is 4.79 Å². The quantitative estimate of drug-likeness (QED) is 0.672. The van der Waals surface area contributed by atoms with Gasteiger partial charge in [0.15, 0.2) is 5.54 Å². The number of hydrogen-bond donors (Lipinski definition) is 2. The molecule has 1 unspecified atom stereocenters. The van der Waals surface area contributed by atoms with Crippen LogP contribution in [0.25, 0.3) is 0 Å². The van der Waals surface area contributed by atoms with Gasteiger partial charge in [-0.1, -0.05) is 0 Å². The number of nitrogens with zero attached hydrogens (tertiary/aromatic N) is 2. The molecule has 1 atom stereocenters. The zero-order valence-electron chi connectivity index (χ0n) is 7.48. The first-order valence-corrected chi connectivity index (χ1v) is 3.76. The Morgan fingerprint density at radius 1 is 1.54 bits per heavy atom. The highest BCUT2D eigenvalue weighted by atomic mass is 16.4. The fourth-order valence-electron chi connectivity index (χ4n) is 1.02. The lowest BCUT2D eigenvalue weighted by atomic mass is 9.98. The van der Waals surface area contributed by atoms with Crippen molar-refractivity contribution in [2.75, 3.05) is 0 Å². The second-order valence-corrected chi connectivity index (χ2v) is 3.00. The molecule has 0 saturated carbocycles. The zero-order valence-corrected chi connectivity index (χ0v) is 7.48. The van der Waals surface area contributed by atoms with Crippen molar-refractivity contribution in [2.45, 2.75) is 19.4 Å². The third-order valence-corrected chi connectivity index (χ3v) is 1.82. The topological polar surface area (TPSA) is 89.1 Å². The lowest BCUT2D eigenvalue weighted by Gasteiger charge is -2.19. The summed E-state index contributed by atoms with van der Waals surface area (Å²) < 4.78 is 0. The van der Waals surface area contributed by atoms with Crippen molar-refractivity contribution in [3.63, 3.8) is 0 Å². The normalized spacial score (nSPS) is 15.0. The number of nitrogens with two attached hydrogens (primary N) is 1. The van der Waals surface area contributed by atoms with Crippen molar-refractivity contribution >= 4 is 5.97 Å². The van der Waals surface area contributed by atoms with Crippen LogP contribution in [0.2, 0.25) is 0 Å². The van der Waals surface area contributed by atoms with Gasteiger partial charge in [0, 0.05) is 12.4 Å². The largest absolute Gasteiger partial charge is 0.480 e. The van der Waals surface area contributed by atoms with E-state index in [1.165, 1.54) is 19.3 Å². The predicted molar refractivity (Wildman–Crippen MR) is 45.9 cm³/mol. The van der Waals surface area contributed by atoms with Gasteiger partial charge in [0.25, 0.3) is 0 Å². The summed E-state index contributed by atoms with van der Waals surface area (Å²) in [7, 11) is 0. The van der Waals surface area contributed by atoms with Gasteiger partial charge in [0.05, 0.1) is 11.4 Å². The average molecular weight is 181 g/mol. The summed E-state index contributed by atoms with van der Waals surface area (Å²) in [4.78, 5) is 18.6. The molecular weight excluding hydrogens is 170 g/mol. The minimum absolute atomic E-state index is 0.294. The highest BCUT2D eigenvalue weighted by Crippen LogP contribution is 2.17. The van der Waals surface area contributed by atoms with Crippen LogP contribution < -0.4 is 5.73 Å². The molecule has 13 heavy (non-hydrogen) atoms. The van der Waals surface area contributed by atoms with Gasteiger partial charge >= 0.3 is 5.97 Å². The van der Waals surface area contributed by atoms with Gasteiger partial charge in [-0.2, -0.15) is 0 Å². The van der Waals surface area contributed by atoms with Crippen LogP contribution in [-0.4, -0.2) is 21.0 Å². The van der Waals surface area contributed by atoms with Gasteiger partial charge in [-0.3, -0.25) is 9.97 Å². The molecule has 0 aromatic carbocycles. The molecule has 0 amide bonds. The third kappa shape index (κ3) is 1.65. The molecule has 5 heteroatoms. The molecule has 1 aromatic heterocycles. The van der Waals surface area contributed by atoms with Crippen molar-refractivity contribution in [1.82, 2.24) is 9.97 Å². The SMILES string of the molecule is Cc1nccnc1C(C)(N)C(=O)O. The minimum atomic E-state index is -1.47. The van der Waals surface area contributed by atoms with Crippen molar-refractivity contribution in [3.05, 3.63) is 23.8 Å². The summed E-state index contributed by atoms with van der Waals surface area (Å²) in [5.74, 6) is -1.11. The van der Waals surface area contributed by atoms with Crippen LogP contribution in [0.1, 0.15) is 18.3 Å². The number of carboxylic acid groups (broad SMARTS) is 1. The number of carboxylic acids is 1. The average Bonchev–Trinajstić information content (AvgIpc) is 2.04. The summed E-state index contributed by atoms with van der Waals surface area (Å²) in [6.07, 6.45) is 2.92. The molecule has 70 valence electrons. The Balaban J connectivity index is 3.22. The molecule has 0 spiro atoms. The van der Waals surface area contributed by atoms with E-state index in [1.54, 1.807) is 6.92 Å². The Labute approximate surface area is 75.6 Å². The van der Waals surface area contributed by atoms with Gasteiger partial charge in [0.1, 0.15) is 0 Å². The fraction of sp³-hybridized carbons (Fsp3) is 0.375. The molecule has 0 fully saturated rings. The van der Waals surface area contributed by atoms with Crippen molar-refractivity contribution in [1.29, 1.82) is 0 Å². The van der Waals surface area contributed by atoms with Crippen LogP contribution in [0, 0.1) is 6.92 Å². The number of aromatic nitrogens is 2. The molecule has 1 rings (SSSR count). The Morgan fingerprint density at radius 3 is 2.54 bits per heavy atom. The van der Waals surface area contributed by atoms with E-state index in [2.05, 4.69) is 9.97 Å². The second-order valence-electron chi connectivity index (χ2n) is 3.00. The van der Waals surface area contributed by atoms with E-state index in [1.807, 2.05) is 0 Å². The minimum Gasteiger partial charge on any atom is -0.480 e. The molecular formula is C8H11N3O2. The summed E-state index contributed by atoms with van der Waals surface area (Å²) in [5, 5.41) is 8.83. The summed E-state index contributed by atoms with van der Waals surface area (Å²) in [6.45, 7) is 3.07. The predicted octanol–water partition coefficient (Wildman–Crippen LogP) is 0.0435. The van der Waals surface area contributed by atoms with E-state index < -0.39 is 11.5 Å².